The standard InChI is InChI=1S/C24H40Cl2NO2.BrH/c1-6-7-8-9-10-11-12-13-14-23(24(28)29-19(2)3)27(4,5)18-20-15-16-21(25)22(26)17-20;/h15-17,19,23H,6-14,18H2,1-5H3;1H/q+1;/p-1. The lowest BCUT2D eigenvalue weighted by Gasteiger charge is -2.37. The van der Waals surface area contributed by atoms with Gasteiger partial charge in [-0.1, -0.05) is 81.1 Å². The van der Waals surface area contributed by atoms with E-state index in [-0.39, 0.29) is 35.1 Å². The second kappa shape index (κ2) is 15.5. The quantitative estimate of drug-likeness (QED) is 0.204. The number of nitrogens with zero attached hydrogens (tertiary/aromatic N) is 1. The SMILES string of the molecule is CCCCCCCCCCC(C(=O)OC(C)C)[N+](C)(C)Cc1ccc(Cl)c(Cl)c1.[Br-]. The number of hydrogen-bond donors (Lipinski definition) is 0. The van der Waals surface area contributed by atoms with Gasteiger partial charge in [-0.05, 0) is 32.4 Å². The molecule has 174 valence electrons. The second-order valence-corrected chi connectivity index (χ2v) is 9.76. The zero-order chi connectivity index (χ0) is 21.9. The first-order chi connectivity index (χ1) is 13.7. The molecule has 0 spiro atoms. The second-order valence-electron chi connectivity index (χ2n) is 8.95. The molecule has 0 saturated carbocycles. The highest BCUT2D eigenvalue weighted by Gasteiger charge is 2.36. The molecule has 0 amide bonds. The maximum atomic E-state index is 12.9. The van der Waals surface area contributed by atoms with Crippen LogP contribution in [0.2, 0.25) is 10.0 Å². The van der Waals surface area contributed by atoms with Crippen LogP contribution < -0.4 is 17.0 Å². The van der Waals surface area contributed by atoms with Crippen molar-refractivity contribution in [2.75, 3.05) is 14.1 Å². The van der Waals surface area contributed by atoms with Gasteiger partial charge in [-0.15, -0.1) is 0 Å². The fourth-order valence-electron chi connectivity index (χ4n) is 3.75. The van der Waals surface area contributed by atoms with Crippen molar-refractivity contribution in [1.29, 1.82) is 0 Å². The number of ether oxygens (including phenoxy) is 1. The van der Waals surface area contributed by atoms with Crippen molar-refractivity contribution >= 4 is 29.2 Å². The van der Waals surface area contributed by atoms with Crippen LogP contribution in [-0.2, 0) is 16.1 Å². The molecule has 1 aromatic rings. The van der Waals surface area contributed by atoms with E-state index in [1.54, 1.807) is 0 Å². The Balaban J connectivity index is 0.00000841. The average Bonchev–Trinajstić information content (AvgIpc) is 2.62. The van der Waals surface area contributed by atoms with Gasteiger partial charge >= 0.3 is 5.97 Å². The zero-order valence-corrected chi connectivity index (χ0v) is 22.5. The highest BCUT2D eigenvalue weighted by Crippen LogP contribution is 2.26. The Morgan fingerprint density at radius 2 is 1.53 bits per heavy atom. The predicted octanol–water partition coefficient (Wildman–Crippen LogP) is 4.42. The van der Waals surface area contributed by atoms with Crippen molar-refractivity contribution in [3.05, 3.63) is 33.8 Å². The van der Waals surface area contributed by atoms with Crippen molar-refractivity contribution in [3.63, 3.8) is 0 Å². The molecule has 0 N–H and O–H groups in total. The van der Waals surface area contributed by atoms with Crippen molar-refractivity contribution in [2.45, 2.75) is 97.2 Å². The fraction of sp³-hybridized carbons (Fsp3) is 0.708. The van der Waals surface area contributed by atoms with Crippen LogP contribution in [0, 0.1) is 0 Å². The first kappa shape index (κ1) is 29.7. The van der Waals surface area contributed by atoms with E-state index >= 15 is 0 Å². The van der Waals surface area contributed by atoms with Gasteiger partial charge in [0.15, 0.2) is 6.04 Å². The molecule has 6 heteroatoms. The van der Waals surface area contributed by atoms with E-state index in [2.05, 4.69) is 21.0 Å². The van der Waals surface area contributed by atoms with Gasteiger partial charge in [-0.25, -0.2) is 4.79 Å². The number of hydrogen-bond acceptors (Lipinski definition) is 2. The molecular formula is C24H40BrCl2NO2. The van der Waals surface area contributed by atoms with E-state index in [1.807, 2.05) is 32.0 Å². The molecule has 0 heterocycles. The van der Waals surface area contributed by atoms with Gasteiger partial charge in [0.25, 0.3) is 0 Å². The molecular weight excluding hydrogens is 485 g/mol. The zero-order valence-electron chi connectivity index (χ0n) is 19.4. The fourth-order valence-corrected chi connectivity index (χ4v) is 4.07. The van der Waals surface area contributed by atoms with Gasteiger partial charge in [-0.3, -0.25) is 0 Å². The summed E-state index contributed by atoms with van der Waals surface area (Å²) in [4.78, 5) is 12.9. The Labute approximate surface area is 204 Å². The third kappa shape index (κ3) is 11.4. The van der Waals surface area contributed by atoms with Crippen molar-refractivity contribution in [2.24, 2.45) is 0 Å². The van der Waals surface area contributed by atoms with Gasteiger partial charge in [0.2, 0.25) is 0 Å². The lowest BCUT2D eigenvalue weighted by atomic mass is 10.0. The summed E-state index contributed by atoms with van der Waals surface area (Å²) >= 11 is 12.2. The first-order valence-electron chi connectivity index (χ1n) is 11.1. The number of unbranched alkanes of at least 4 members (excludes halogenated alkanes) is 7. The molecule has 0 radical (unpaired) electrons. The van der Waals surface area contributed by atoms with E-state index in [0.29, 0.717) is 21.1 Å². The largest absolute Gasteiger partial charge is 1.00 e. The molecule has 0 aliphatic carbocycles. The molecule has 1 aromatic carbocycles. The number of quaternary nitrogens is 1. The third-order valence-electron chi connectivity index (χ3n) is 5.37. The van der Waals surface area contributed by atoms with Crippen LogP contribution in [0.25, 0.3) is 0 Å². The van der Waals surface area contributed by atoms with Crippen LogP contribution >= 0.6 is 23.2 Å². The van der Waals surface area contributed by atoms with Gasteiger partial charge in [0.05, 0.1) is 30.2 Å². The summed E-state index contributed by atoms with van der Waals surface area (Å²) in [5.74, 6) is -0.104. The van der Waals surface area contributed by atoms with Crippen LogP contribution in [0.5, 0.6) is 0 Å². The lowest BCUT2D eigenvalue weighted by molar-refractivity contribution is -0.920. The molecule has 30 heavy (non-hydrogen) atoms. The Bertz CT molecular complexity index is 623. The van der Waals surface area contributed by atoms with E-state index < -0.39 is 0 Å². The Morgan fingerprint density at radius 1 is 0.967 bits per heavy atom. The van der Waals surface area contributed by atoms with Crippen molar-refractivity contribution in [3.8, 4) is 0 Å². The maximum absolute atomic E-state index is 12.9. The Morgan fingerprint density at radius 3 is 2.07 bits per heavy atom. The minimum atomic E-state index is -0.188. The number of likely N-dealkylation sites (N-methyl/N-ethyl adjacent to an activating group) is 1. The molecule has 0 aliphatic rings. The summed E-state index contributed by atoms with van der Waals surface area (Å²) in [6.45, 7) is 6.76. The summed E-state index contributed by atoms with van der Waals surface area (Å²) in [6, 6.07) is 5.51. The van der Waals surface area contributed by atoms with E-state index in [4.69, 9.17) is 27.9 Å². The molecule has 0 saturated heterocycles. The Kier molecular flexibility index (Phi) is 15.4. The van der Waals surface area contributed by atoms with Gasteiger partial charge < -0.3 is 26.2 Å². The molecule has 0 fully saturated rings. The lowest BCUT2D eigenvalue weighted by Crippen LogP contribution is -3.00. The number of carbonyl (C=O) groups is 1. The number of benzene rings is 1. The molecule has 1 unspecified atom stereocenters. The average molecular weight is 525 g/mol. The summed E-state index contributed by atoms with van der Waals surface area (Å²) in [5, 5.41) is 1.10. The van der Waals surface area contributed by atoms with Gasteiger partial charge in [0, 0.05) is 12.0 Å². The van der Waals surface area contributed by atoms with E-state index in [1.165, 1.54) is 44.9 Å². The minimum absolute atomic E-state index is 0. The third-order valence-corrected chi connectivity index (χ3v) is 6.11. The van der Waals surface area contributed by atoms with Gasteiger partial charge in [0.1, 0.15) is 6.54 Å². The molecule has 0 aliphatic heterocycles. The van der Waals surface area contributed by atoms with Crippen molar-refractivity contribution in [1.82, 2.24) is 0 Å². The highest BCUT2D eigenvalue weighted by atomic mass is 79.9. The predicted molar refractivity (Wildman–Crippen MR) is 125 cm³/mol. The maximum Gasteiger partial charge on any atom is 0.365 e. The molecule has 0 aromatic heterocycles. The van der Waals surface area contributed by atoms with Crippen LogP contribution in [0.4, 0.5) is 0 Å². The highest BCUT2D eigenvalue weighted by molar-refractivity contribution is 6.42. The van der Waals surface area contributed by atoms with Gasteiger partial charge in [-0.2, -0.15) is 0 Å². The van der Waals surface area contributed by atoms with Crippen LogP contribution in [0.3, 0.4) is 0 Å². The van der Waals surface area contributed by atoms with Crippen LogP contribution in [0.15, 0.2) is 18.2 Å². The molecule has 0 bridgehead atoms. The normalized spacial score (nSPS) is 12.5. The first-order valence-corrected chi connectivity index (χ1v) is 11.9. The summed E-state index contributed by atoms with van der Waals surface area (Å²) in [5.41, 5.74) is 1.07. The molecule has 1 atom stereocenters. The summed E-state index contributed by atoms with van der Waals surface area (Å²) in [6.07, 6.45) is 10.8. The smallest absolute Gasteiger partial charge is 0.365 e. The van der Waals surface area contributed by atoms with E-state index in [0.717, 1.165) is 18.4 Å². The topological polar surface area (TPSA) is 26.3 Å². The summed E-state index contributed by atoms with van der Waals surface area (Å²) in [7, 11) is 4.19. The van der Waals surface area contributed by atoms with Crippen LogP contribution in [0.1, 0.15) is 84.1 Å². The van der Waals surface area contributed by atoms with Crippen LogP contribution in [-0.4, -0.2) is 36.7 Å². The molecule has 1 rings (SSSR count). The number of esters is 1. The number of carbonyl (C=O) groups excluding carboxylic acids is 1. The minimum Gasteiger partial charge on any atom is -1.00 e. The Hall–Kier alpha value is -0.290. The summed E-state index contributed by atoms with van der Waals surface area (Å²) < 4.78 is 6.14. The molecule has 3 nitrogen and oxygen atoms in total. The number of halogens is 3. The van der Waals surface area contributed by atoms with E-state index in [9.17, 15) is 4.79 Å². The monoisotopic (exact) mass is 523 g/mol. The van der Waals surface area contributed by atoms with Crippen molar-refractivity contribution < 1.29 is 31.0 Å². The number of rotatable bonds is 14.